The Labute approximate surface area is 103 Å². The monoisotopic (exact) mass is 237 g/mol. The highest BCUT2D eigenvalue weighted by Gasteiger charge is 2.44. The van der Waals surface area contributed by atoms with E-state index < -0.39 is 0 Å². The van der Waals surface area contributed by atoms with E-state index in [9.17, 15) is 4.79 Å². The maximum atomic E-state index is 11.7. The van der Waals surface area contributed by atoms with E-state index in [2.05, 4.69) is 10.2 Å². The van der Waals surface area contributed by atoms with Crippen LogP contribution in [0.3, 0.4) is 0 Å². The first kappa shape index (κ1) is 11.5. The van der Waals surface area contributed by atoms with Gasteiger partial charge in [0.2, 0.25) is 5.91 Å². The Balaban J connectivity index is 1.75. The average molecular weight is 237 g/mol. The fourth-order valence-corrected chi connectivity index (χ4v) is 3.95. The van der Waals surface area contributed by atoms with E-state index in [-0.39, 0.29) is 11.8 Å². The predicted molar refractivity (Wildman–Crippen MR) is 66.5 cm³/mol. The van der Waals surface area contributed by atoms with Gasteiger partial charge >= 0.3 is 0 Å². The number of fused-ring (bicyclic) bond motifs is 1. The van der Waals surface area contributed by atoms with Gasteiger partial charge in [-0.25, -0.2) is 0 Å². The van der Waals surface area contributed by atoms with Gasteiger partial charge in [-0.1, -0.05) is 12.8 Å². The molecule has 0 aromatic rings. The molecule has 0 aromatic carbocycles. The molecular weight excluding hydrogens is 214 g/mol. The summed E-state index contributed by atoms with van der Waals surface area (Å²) in [5.41, 5.74) is 6.28. The number of hydrogen-bond acceptors (Lipinski definition) is 3. The smallest absolute Gasteiger partial charge is 0.224 e. The Morgan fingerprint density at radius 2 is 1.94 bits per heavy atom. The normalized spacial score (nSPS) is 43.2. The Kier molecular flexibility index (Phi) is 3.09. The van der Waals surface area contributed by atoms with Crippen LogP contribution >= 0.6 is 0 Å². The van der Waals surface area contributed by atoms with Gasteiger partial charge in [0.1, 0.15) is 0 Å². The van der Waals surface area contributed by atoms with Crippen molar-refractivity contribution in [1.29, 1.82) is 0 Å². The number of nitrogens with zero attached hydrogens (tertiary/aromatic N) is 1. The lowest BCUT2D eigenvalue weighted by Crippen LogP contribution is -2.57. The Bertz CT molecular complexity index is 307. The van der Waals surface area contributed by atoms with Crippen LogP contribution in [0.4, 0.5) is 0 Å². The van der Waals surface area contributed by atoms with Gasteiger partial charge < -0.3 is 11.1 Å². The number of nitrogens with one attached hydrogen (secondary N) is 1. The molecule has 2 saturated heterocycles. The second kappa shape index (κ2) is 4.58. The zero-order valence-corrected chi connectivity index (χ0v) is 10.4. The molecule has 4 nitrogen and oxygen atoms in total. The van der Waals surface area contributed by atoms with Crippen LogP contribution in [0.25, 0.3) is 0 Å². The van der Waals surface area contributed by atoms with Crippen LogP contribution in [-0.2, 0) is 4.79 Å². The predicted octanol–water partition coefficient (Wildman–Crippen LogP) is 0.467. The first-order chi connectivity index (χ1) is 8.27. The topological polar surface area (TPSA) is 58.4 Å². The second-order valence-corrected chi connectivity index (χ2v) is 5.81. The number of hydrogen-bond donors (Lipinski definition) is 2. The van der Waals surface area contributed by atoms with Gasteiger partial charge in [-0.2, -0.15) is 0 Å². The first-order valence-corrected chi connectivity index (χ1v) is 7.06. The van der Waals surface area contributed by atoms with Gasteiger partial charge in [-0.05, 0) is 32.2 Å². The summed E-state index contributed by atoms with van der Waals surface area (Å²) >= 11 is 0. The van der Waals surface area contributed by atoms with Crippen molar-refractivity contribution in [2.24, 2.45) is 11.7 Å². The van der Waals surface area contributed by atoms with E-state index in [0.29, 0.717) is 18.1 Å². The molecule has 3 N–H and O–H groups in total. The summed E-state index contributed by atoms with van der Waals surface area (Å²) in [6, 6.07) is 1.26. The summed E-state index contributed by atoms with van der Waals surface area (Å²) in [6.45, 7) is 1.97. The highest BCUT2D eigenvalue weighted by molar-refractivity contribution is 5.82. The fraction of sp³-hybridized carbons (Fsp3) is 0.923. The lowest BCUT2D eigenvalue weighted by atomic mass is 9.84. The van der Waals surface area contributed by atoms with Crippen LogP contribution in [0, 0.1) is 5.92 Å². The Morgan fingerprint density at radius 3 is 2.76 bits per heavy atom. The molecule has 3 aliphatic rings. The van der Waals surface area contributed by atoms with E-state index >= 15 is 0 Å². The van der Waals surface area contributed by atoms with Crippen molar-refractivity contribution in [3.63, 3.8) is 0 Å². The summed E-state index contributed by atoms with van der Waals surface area (Å²) < 4.78 is 0. The molecule has 2 aliphatic heterocycles. The summed E-state index contributed by atoms with van der Waals surface area (Å²) in [4.78, 5) is 14.3. The van der Waals surface area contributed by atoms with E-state index in [1.54, 1.807) is 0 Å². The molecule has 4 unspecified atom stereocenters. The SMILES string of the molecule is NC1CCCCC1N1CCCC2C(=O)NCC21. The quantitative estimate of drug-likeness (QED) is 0.697. The minimum absolute atomic E-state index is 0.234. The molecule has 2 heterocycles. The van der Waals surface area contributed by atoms with Crippen molar-refractivity contribution in [2.75, 3.05) is 13.1 Å². The first-order valence-electron chi connectivity index (χ1n) is 7.06. The molecule has 1 saturated carbocycles. The fourth-order valence-electron chi connectivity index (χ4n) is 3.95. The molecule has 0 radical (unpaired) electrons. The van der Waals surface area contributed by atoms with Gasteiger partial charge in [-0.15, -0.1) is 0 Å². The third-order valence-electron chi connectivity index (χ3n) is 4.85. The molecule has 4 heteroatoms. The molecule has 17 heavy (non-hydrogen) atoms. The van der Waals surface area contributed by atoms with E-state index in [1.165, 1.54) is 19.3 Å². The second-order valence-electron chi connectivity index (χ2n) is 5.81. The molecule has 3 fully saturated rings. The molecular formula is C13H23N3O. The summed E-state index contributed by atoms with van der Waals surface area (Å²) in [5, 5.41) is 3.02. The molecule has 0 aromatic heterocycles. The molecule has 0 bridgehead atoms. The number of rotatable bonds is 1. The number of amides is 1. The van der Waals surface area contributed by atoms with Crippen LogP contribution in [-0.4, -0.2) is 42.0 Å². The van der Waals surface area contributed by atoms with Crippen LogP contribution < -0.4 is 11.1 Å². The summed E-state index contributed by atoms with van der Waals surface area (Å²) in [7, 11) is 0. The van der Waals surface area contributed by atoms with Crippen molar-refractivity contribution < 1.29 is 4.79 Å². The average Bonchev–Trinajstić information content (AvgIpc) is 2.72. The number of nitrogens with two attached hydrogens (primary N) is 1. The maximum absolute atomic E-state index is 11.7. The molecule has 1 aliphatic carbocycles. The van der Waals surface area contributed by atoms with Gasteiger partial charge in [0.25, 0.3) is 0 Å². The number of carbonyl (C=O) groups is 1. The van der Waals surface area contributed by atoms with Gasteiger partial charge in [-0.3, -0.25) is 9.69 Å². The third kappa shape index (κ3) is 1.97. The maximum Gasteiger partial charge on any atom is 0.224 e. The van der Waals surface area contributed by atoms with Crippen molar-refractivity contribution >= 4 is 5.91 Å². The third-order valence-corrected chi connectivity index (χ3v) is 4.85. The van der Waals surface area contributed by atoms with Crippen molar-refractivity contribution in [3.8, 4) is 0 Å². The van der Waals surface area contributed by atoms with Crippen LogP contribution in [0.2, 0.25) is 0 Å². The number of likely N-dealkylation sites (tertiary alicyclic amines) is 1. The summed E-state index contributed by atoms with van der Waals surface area (Å²) in [6.07, 6.45) is 7.16. The van der Waals surface area contributed by atoms with E-state index in [1.807, 2.05) is 0 Å². The Hall–Kier alpha value is -0.610. The lowest BCUT2D eigenvalue weighted by molar-refractivity contribution is -0.124. The van der Waals surface area contributed by atoms with Crippen molar-refractivity contribution in [1.82, 2.24) is 10.2 Å². The molecule has 96 valence electrons. The molecule has 3 rings (SSSR count). The molecule has 1 amide bonds. The van der Waals surface area contributed by atoms with Gasteiger partial charge in [0.15, 0.2) is 0 Å². The van der Waals surface area contributed by atoms with Crippen LogP contribution in [0.1, 0.15) is 38.5 Å². The molecule has 4 atom stereocenters. The van der Waals surface area contributed by atoms with Gasteiger partial charge in [0.05, 0.1) is 5.92 Å². The highest BCUT2D eigenvalue weighted by Crippen LogP contribution is 2.32. The van der Waals surface area contributed by atoms with E-state index in [4.69, 9.17) is 5.73 Å². The number of carbonyl (C=O) groups excluding carboxylic acids is 1. The number of piperidine rings is 1. The highest BCUT2D eigenvalue weighted by atomic mass is 16.2. The Morgan fingerprint density at radius 1 is 1.12 bits per heavy atom. The zero-order valence-electron chi connectivity index (χ0n) is 10.4. The minimum Gasteiger partial charge on any atom is -0.354 e. The van der Waals surface area contributed by atoms with Crippen molar-refractivity contribution in [3.05, 3.63) is 0 Å². The van der Waals surface area contributed by atoms with Gasteiger partial charge in [0, 0.05) is 24.7 Å². The summed E-state index contributed by atoms with van der Waals surface area (Å²) in [5.74, 6) is 0.502. The standard InChI is InChI=1S/C13H23N3O/c14-10-5-1-2-6-11(10)16-7-3-4-9-12(16)8-15-13(9)17/h9-12H,1-8,14H2,(H,15,17). The van der Waals surface area contributed by atoms with Crippen LogP contribution in [0.15, 0.2) is 0 Å². The largest absolute Gasteiger partial charge is 0.354 e. The lowest BCUT2D eigenvalue weighted by Gasteiger charge is -2.45. The van der Waals surface area contributed by atoms with E-state index in [0.717, 1.165) is 32.4 Å². The van der Waals surface area contributed by atoms with Crippen LogP contribution in [0.5, 0.6) is 0 Å². The minimum atomic E-state index is 0.234. The van der Waals surface area contributed by atoms with Crippen molar-refractivity contribution in [2.45, 2.75) is 56.7 Å². The molecule has 0 spiro atoms. The zero-order chi connectivity index (χ0) is 11.8.